The van der Waals surface area contributed by atoms with Gasteiger partial charge in [-0.05, 0) is 11.6 Å². The number of hydrogen-bond donors (Lipinski definition) is 2. The molecule has 0 saturated heterocycles. The van der Waals surface area contributed by atoms with Crippen molar-refractivity contribution < 1.29 is 19.1 Å². The number of nitrogens with one attached hydrogen (secondary N) is 1. The van der Waals surface area contributed by atoms with Crippen LogP contribution in [0.1, 0.15) is 5.56 Å². The molecule has 1 aromatic carbocycles. The fourth-order valence-corrected chi connectivity index (χ4v) is 2.22. The Morgan fingerprint density at radius 1 is 1.53 bits per heavy atom. The molecule has 0 heterocycles. The average molecular weight is 257 g/mol. The van der Waals surface area contributed by atoms with Gasteiger partial charge in [0, 0.05) is 11.5 Å². The molecule has 0 fully saturated rings. The zero-order valence-electron chi connectivity index (χ0n) is 8.93. The lowest BCUT2D eigenvalue weighted by atomic mass is 10.2. The fourth-order valence-electron chi connectivity index (χ4n) is 1.18. The Morgan fingerprint density at radius 3 is 2.82 bits per heavy atom. The first-order chi connectivity index (χ1) is 8.15. The molecule has 1 rings (SSSR count). The minimum absolute atomic E-state index is 0.197. The number of hydrogen-bond acceptors (Lipinski definition) is 3. The van der Waals surface area contributed by atoms with Crippen molar-refractivity contribution >= 4 is 24.1 Å². The monoisotopic (exact) mass is 257 g/mol. The molecule has 4 nitrogen and oxygen atoms in total. The van der Waals surface area contributed by atoms with Crippen molar-refractivity contribution in [3.8, 4) is 0 Å². The number of halogens is 1. The lowest BCUT2D eigenvalue weighted by Gasteiger charge is -2.10. The topological polar surface area (TPSA) is 66.4 Å². The molecule has 1 aromatic rings. The van der Waals surface area contributed by atoms with Crippen LogP contribution in [0.25, 0.3) is 0 Å². The molecule has 0 aromatic heterocycles. The number of benzene rings is 1. The van der Waals surface area contributed by atoms with Crippen molar-refractivity contribution in [2.75, 3.05) is 5.75 Å². The van der Waals surface area contributed by atoms with E-state index in [-0.39, 0.29) is 11.6 Å². The van der Waals surface area contributed by atoms with E-state index in [1.54, 1.807) is 18.2 Å². The third-order valence-electron chi connectivity index (χ3n) is 2.07. The van der Waals surface area contributed by atoms with E-state index in [1.165, 1.54) is 17.8 Å². The summed E-state index contributed by atoms with van der Waals surface area (Å²) in [5, 5.41) is 10.9. The molecular weight excluding hydrogens is 245 g/mol. The standard InChI is InChI=1S/C11H12FNO3S/c12-9-4-2-1-3-8(9)5-17-6-10(11(15)16)13-7-14/h1-4,7,10H,5-6H2,(H,13,14)(H,15,16). The van der Waals surface area contributed by atoms with Gasteiger partial charge in [0.05, 0.1) is 0 Å². The van der Waals surface area contributed by atoms with Gasteiger partial charge >= 0.3 is 5.97 Å². The second-order valence-corrected chi connectivity index (χ2v) is 4.31. The molecule has 0 radical (unpaired) electrons. The number of rotatable bonds is 7. The van der Waals surface area contributed by atoms with Gasteiger partial charge in [-0.2, -0.15) is 11.8 Å². The largest absolute Gasteiger partial charge is 0.480 e. The predicted octanol–water partition coefficient (Wildman–Crippen LogP) is 1.26. The van der Waals surface area contributed by atoms with Crippen LogP contribution in [0.5, 0.6) is 0 Å². The predicted molar refractivity (Wildman–Crippen MR) is 63.2 cm³/mol. The molecule has 17 heavy (non-hydrogen) atoms. The fraction of sp³-hybridized carbons (Fsp3) is 0.273. The molecule has 1 amide bonds. The van der Waals surface area contributed by atoms with E-state index >= 15 is 0 Å². The van der Waals surface area contributed by atoms with Gasteiger partial charge in [-0.1, -0.05) is 18.2 Å². The SMILES string of the molecule is O=CNC(CSCc1ccccc1F)C(=O)O. The van der Waals surface area contributed by atoms with Crippen LogP contribution in [0.15, 0.2) is 24.3 Å². The lowest BCUT2D eigenvalue weighted by Crippen LogP contribution is -2.37. The Kier molecular flexibility index (Phi) is 5.48. The number of carbonyl (C=O) groups is 2. The first kappa shape index (κ1) is 13.5. The van der Waals surface area contributed by atoms with Crippen molar-refractivity contribution in [3.05, 3.63) is 35.6 Å². The number of amides is 1. The summed E-state index contributed by atoms with van der Waals surface area (Å²) in [5.41, 5.74) is 0.521. The highest BCUT2D eigenvalue weighted by molar-refractivity contribution is 7.98. The van der Waals surface area contributed by atoms with Crippen LogP contribution in [0.2, 0.25) is 0 Å². The van der Waals surface area contributed by atoms with Crippen LogP contribution in [0.3, 0.4) is 0 Å². The van der Waals surface area contributed by atoms with E-state index in [0.29, 0.717) is 17.7 Å². The highest BCUT2D eigenvalue weighted by Crippen LogP contribution is 2.16. The Balaban J connectivity index is 2.43. The summed E-state index contributed by atoms with van der Waals surface area (Å²) >= 11 is 1.25. The van der Waals surface area contributed by atoms with Gasteiger partial charge in [0.1, 0.15) is 11.9 Å². The van der Waals surface area contributed by atoms with Gasteiger partial charge < -0.3 is 10.4 Å². The average Bonchev–Trinajstić information content (AvgIpc) is 2.30. The van der Waals surface area contributed by atoms with Crippen LogP contribution >= 0.6 is 11.8 Å². The van der Waals surface area contributed by atoms with Crippen molar-refractivity contribution in [2.45, 2.75) is 11.8 Å². The Labute approximate surface area is 102 Å². The van der Waals surface area contributed by atoms with Crippen LogP contribution in [0.4, 0.5) is 4.39 Å². The number of carboxylic acid groups (broad SMARTS) is 1. The molecule has 2 N–H and O–H groups in total. The zero-order valence-corrected chi connectivity index (χ0v) is 9.74. The Hall–Kier alpha value is -1.56. The molecule has 0 bridgehead atoms. The van der Waals surface area contributed by atoms with Crippen LogP contribution in [0, 0.1) is 5.82 Å². The smallest absolute Gasteiger partial charge is 0.327 e. The first-order valence-electron chi connectivity index (χ1n) is 4.88. The molecule has 0 aliphatic carbocycles. The van der Waals surface area contributed by atoms with Crippen LogP contribution in [-0.2, 0) is 15.3 Å². The van der Waals surface area contributed by atoms with E-state index < -0.39 is 12.0 Å². The lowest BCUT2D eigenvalue weighted by molar-refractivity contribution is -0.139. The van der Waals surface area contributed by atoms with Gasteiger partial charge in [-0.15, -0.1) is 0 Å². The van der Waals surface area contributed by atoms with Crippen molar-refractivity contribution in [1.82, 2.24) is 5.32 Å². The number of carboxylic acids is 1. The summed E-state index contributed by atoms with van der Waals surface area (Å²) < 4.78 is 13.2. The third-order valence-corrected chi connectivity index (χ3v) is 3.15. The molecule has 0 aliphatic heterocycles. The molecular formula is C11H12FNO3S. The van der Waals surface area contributed by atoms with Crippen LogP contribution < -0.4 is 5.32 Å². The quantitative estimate of drug-likeness (QED) is 0.722. The number of carbonyl (C=O) groups excluding carboxylic acids is 1. The Bertz CT molecular complexity index is 400. The molecule has 6 heteroatoms. The number of thioether (sulfide) groups is 1. The molecule has 0 aliphatic rings. The minimum atomic E-state index is -1.10. The molecule has 0 saturated carbocycles. The van der Waals surface area contributed by atoms with Gasteiger partial charge in [-0.3, -0.25) is 4.79 Å². The second kappa shape index (κ2) is 6.90. The maximum Gasteiger partial charge on any atom is 0.327 e. The molecule has 1 atom stereocenters. The molecule has 92 valence electrons. The number of aliphatic carboxylic acids is 1. The summed E-state index contributed by atoms with van der Waals surface area (Å²) in [6, 6.07) is 5.37. The van der Waals surface area contributed by atoms with Gasteiger partial charge in [-0.25, -0.2) is 9.18 Å². The van der Waals surface area contributed by atoms with Crippen molar-refractivity contribution in [1.29, 1.82) is 0 Å². The van der Waals surface area contributed by atoms with E-state index in [0.717, 1.165) is 0 Å². The third kappa shape index (κ3) is 4.44. The highest BCUT2D eigenvalue weighted by Gasteiger charge is 2.16. The highest BCUT2D eigenvalue weighted by atomic mass is 32.2. The van der Waals surface area contributed by atoms with Gasteiger partial charge in [0.15, 0.2) is 0 Å². The van der Waals surface area contributed by atoms with Crippen LogP contribution in [-0.4, -0.2) is 29.3 Å². The molecule has 1 unspecified atom stereocenters. The van der Waals surface area contributed by atoms with Gasteiger partial charge in [0.25, 0.3) is 0 Å². The second-order valence-electron chi connectivity index (χ2n) is 3.28. The minimum Gasteiger partial charge on any atom is -0.480 e. The van der Waals surface area contributed by atoms with Crippen molar-refractivity contribution in [2.24, 2.45) is 0 Å². The summed E-state index contributed by atoms with van der Waals surface area (Å²) in [7, 11) is 0. The maximum absolute atomic E-state index is 13.2. The normalized spacial score (nSPS) is 11.8. The van der Waals surface area contributed by atoms with E-state index in [2.05, 4.69) is 5.32 Å². The molecule has 0 spiro atoms. The maximum atomic E-state index is 13.2. The summed E-state index contributed by atoms with van der Waals surface area (Å²) in [4.78, 5) is 20.9. The summed E-state index contributed by atoms with van der Waals surface area (Å²) in [6.07, 6.45) is 0.350. The Morgan fingerprint density at radius 2 is 2.24 bits per heavy atom. The summed E-state index contributed by atoms with van der Waals surface area (Å²) in [6.45, 7) is 0. The van der Waals surface area contributed by atoms with Crippen molar-refractivity contribution in [3.63, 3.8) is 0 Å². The zero-order chi connectivity index (χ0) is 12.7. The van der Waals surface area contributed by atoms with Gasteiger partial charge in [0.2, 0.25) is 6.41 Å². The first-order valence-corrected chi connectivity index (χ1v) is 6.04. The summed E-state index contributed by atoms with van der Waals surface area (Å²) in [5.74, 6) is -0.840. The van der Waals surface area contributed by atoms with E-state index in [1.807, 2.05) is 0 Å². The van der Waals surface area contributed by atoms with E-state index in [9.17, 15) is 14.0 Å². The van der Waals surface area contributed by atoms with E-state index in [4.69, 9.17) is 5.11 Å².